The summed E-state index contributed by atoms with van der Waals surface area (Å²) < 4.78 is 2.02. The van der Waals surface area contributed by atoms with E-state index in [-0.39, 0.29) is 5.57 Å². The van der Waals surface area contributed by atoms with Crippen LogP contribution in [0.2, 0.25) is 5.02 Å². The lowest BCUT2D eigenvalue weighted by molar-refractivity contribution is -0.122. The van der Waals surface area contributed by atoms with Crippen LogP contribution in [0.5, 0.6) is 0 Å². The third-order valence-corrected chi connectivity index (χ3v) is 6.54. The molecule has 1 atom stereocenters. The molecule has 2 aromatic carbocycles. The van der Waals surface area contributed by atoms with Crippen LogP contribution in [-0.2, 0) is 9.59 Å². The number of halogens is 1. The molecule has 0 radical (unpaired) electrons. The van der Waals surface area contributed by atoms with E-state index in [0.717, 1.165) is 34.0 Å². The smallest absolute Gasteiger partial charge is 0.318 e. The number of carbonyl (C=O) groups excluding carboxylic acids is 3. The van der Waals surface area contributed by atoms with Gasteiger partial charge in [-0.15, -0.1) is 0 Å². The minimum absolute atomic E-state index is 0.0954. The predicted octanol–water partition coefficient (Wildman–Crippen LogP) is 5.93. The Morgan fingerprint density at radius 3 is 2.21 bits per heavy atom. The molecule has 34 heavy (non-hydrogen) atoms. The number of nitrogens with zero attached hydrogens (tertiary/aromatic N) is 2. The van der Waals surface area contributed by atoms with Crippen LogP contribution in [-0.4, -0.2) is 22.4 Å². The topological polar surface area (TPSA) is 71.4 Å². The van der Waals surface area contributed by atoms with Crippen molar-refractivity contribution in [2.75, 3.05) is 4.90 Å². The van der Waals surface area contributed by atoms with Crippen LogP contribution in [0.4, 0.5) is 10.5 Å². The van der Waals surface area contributed by atoms with Gasteiger partial charge in [0.05, 0.1) is 5.69 Å². The Balaban J connectivity index is 1.70. The van der Waals surface area contributed by atoms with Gasteiger partial charge in [0.2, 0.25) is 0 Å². The average molecular weight is 476 g/mol. The lowest BCUT2D eigenvalue weighted by Crippen LogP contribution is -2.54. The van der Waals surface area contributed by atoms with Crippen molar-refractivity contribution in [2.45, 2.75) is 40.0 Å². The molecule has 0 aliphatic carbocycles. The minimum Gasteiger partial charge on any atom is -0.318 e. The number of hydrogen-bond acceptors (Lipinski definition) is 3. The van der Waals surface area contributed by atoms with E-state index >= 15 is 0 Å². The van der Waals surface area contributed by atoms with Gasteiger partial charge in [0, 0.05) is 22.1 Å². The number of rotatable bonds is 5. The summed E-state index contributed by atoms with van der Waals surface area (Å²) in [5.74, 6) is -0.993. The first-order valence-electron chi connectivity index (χ1n) is 11.2. The van der Waals surface area contributed by atoms with Gasteiger partial charge >= 0.3 is 6.03 Å². The Morgan fingerprint density at radius 2 is 1.59 bits per heavy atom. The minimum atomic E-state index is -0.755. The highest BCUT2D eigenvalue weighted by molar-refractivity contribution is 6.39. The molecule has 1 aliphatic heterocycles. The van der Waals surface area contributed by atoms with Crippen LogP contribution >= 0.6 is 11.6 Å². The van der Waals surface area contributed by atoms with Crippen molar-refractivity contribution >= 4 is 41.2 Å². The number of aryl methyl sites for hydroxylation is 1. The van der Waals surface area contributed by atoms with E-state index in [1.54, 1.807) is 18.2 Å². The molecule has 1 unspecified atom stereocenters. The SMILES string of the molecule is CCC(C)c1ccc(N2C(=O)NC(=O)/C(=C\c3cc(C)n(-c4ccc(Cl)cc4)c3C)C2=O)cc1. The summed E-state index contributed by atoms with van der Waals surface area (Å²) in [4.78, 5) is 39.5. The summed E-state index contributed by atoms with van der Waals surface area (Å²) >= 11 is 6.02. The van der Waals surface area contributed by atoms with Gasteiger partial charge in [0.15, 0.2) is 0 Å². The number of aromatic nitrogens is 1. The van der Waals surface area contributed by atoms with E-state index in [9.17, 15) is 14.4 Å². The van der Waals surface area contributed by atoms with Crippen molar-refractivity contribution in [1.82, 2.24) is 9.88 Å². The number of imide groups is 2. The molecule has 0 saturated carbocycles. The lowest BCUT2D eigenvalue weighted by atomic mass is 9.98. The maximum absolute atomic E-state index is 13.3. The zero-order valence-corrected chi connectivity index (χ0v) is 20.3. The number of benzene rings is 2. The van der Waals surface area contributed by atoms with Crippen LogP contribution in [0.25, 0.3) is 11.8 Å². The zero-order valence-electron chi connectivity index (χ0n) is 19.6. The third-order valence-electron chi connectivity index (χ3n) is 6.29. The van der Waals surface area contributed by atoms with E-state index in [0.29, 0.717) is 22.2 Å². The number of carbonyl (C=O) groups is 3. The molecule has 4 amide bonds. The number of amides is 4. The van der Waals surface area contributed by atoms with Crippen molar-refractivity contribution in [2.24, 2.45) is 0 Å². The van der Waals surface area contributed by atoms with Crippen LogP contribution in [0.15, 0.2) is 60.2 Å². The van der Waals surface area contributed by atoms with Crippen molar-refractivity contribution in [1.29, 1.82) is 0 Å². The highest BCUT2D eigenvalue weighted by Crippen LogP contribution is 2.28. The van der Waals surface area contributed by atoms with E-state index in [1.807, 2.05) is 60.9 Å². The molecule has 1 aromatic heterocycles. The molecule has 1 aliphatic rings. The van der Waals surface area contributed by atoms with Crippen molar-refractivity contribution in [3.63, 3.8) is 0 Å². The van der Waals surface area contributed by atoms with Gasteiger partial charge in [-0.3, -0.25) is 14.9 Å². The van der Waals surface area contributed by atoms with Gasteiger partial charge in [-0.25, -0.2) is 9.69 Å². The maximum atomic E-state index is 13.3. The number of nitrogens with one attached hydrogen (secondary N) is 1. The van der Waals surface area contributed by atoms with Gasteiger partial charge in [-0.2, -0.15) is 0 Å². The first-order chi connectivity index (χ1) is 16.2. The number of barbiturate groups is 1. The first kappa shape index (κ1) is 23.5. The molecule has 174 valence electrons. The van der Waals surface area contributed by atoms with Gasteiger partial charge in [-0.1, -0.05) is 37.6 Å². The highest BCUT2D eigenvalue weighted by atomic mass is 35.5. The molecule has 1 saturated heterocycles. The quantitative estimate of drug-likeness (QED) is 0.367. The molecule has 1 N–H and O–H groups in total. The van der Waals surface area contributed by atoms with Crippen LogP contribution in [0, 0.1) is 13.8 Å². The molecule has 0 bridgehead atoms. The molecular formula is C27H26ClN3O3. The fourth-order valence-corrected chi connectivity index (χ4v) is 4.28. The largest absolute Gasteiger partial charge is 0.335 e. The molecule has 2 heterocycles. The molecule has 6 nitrogen and oxygen atoms in total. The van der Waals surface area contributed by atoms with E-state index in [1.165, 1.54) is 0 Å². The number of anilines is 1. The summed E-state index contributed by atoms with van der Waals surface area (Å²) in [7, 11) is 0. The normalized spacial score (nSPS) is 16.2. The van der Waals surface area contributed by atoms with Crippen molar-refractivity contribution in [3.8, 4) is 5.69 Å². The predicted molar refractivity (Wildman–Crippen MR) is 134 cm³/mol. The highest BCUT2D eigenvalue weighted by Gasteiger charge is 2.37. The van der Waals surface area contributed by atoms with Gasteiger partial charge in [0.1, 0.15) is 5.57 Å². The Hall–Kier alpha value is -3.64. The van der Waals surface area contributed by atoms with Gasteiger partial charge in [-0.05, 0) is 85.9 Å². The standard InChI is InChI=1S/C27H26ClN3O3/c1-5-16(2)19-6-10-23(11-7-19)31-26(33)24(25(32)29-27(31)34)15-20-14-17(3)30(18(20)4)22-12-8-21(28)9-13-22/h6-16H,5H2,1-4H3,(H,29,32,34)/b24-15+. The summed E-state index contributed by atoms with van der Waals surface area (Å²) in [5, 5.41) is 2.93. The van der Waals surface area contributed by atoms with Crippen LogP contribution < -0.4 is 10.2 Å². The molecule has 4 rings (SSSR count). The van der Waals surface area contributed by atoms with Gasteiger partial charge < -0.3 is 4.57 Å². The van der Waals surface area contributed by atoms with E-state index in [4.69, 9.17) is 11.6 Å². The lowest BCUT2D eigenvalue weighted by Gasteiger charge is -2.26. The molecular weight excluding hydrogens is 450 g/mol. The summed E-state index contributed by atoms with van der Waals surface area (Å²) in [6.45, 7) is 8.08. The molecule has 7 heteroatoms. The Morgan fingerprint density at radius 1 is 0.971 bits per heavy atom. The average Bonchev–Trinajstić information content (AvgIpc) is 3.09. The Kier molecular flexibility index (Phi) is 6.44. The first-order valence-corrected chi connectivity index (χ1v) is 11.5. The fourth-order valence-electron chi connectivity index (χ4n) is 4.16. The zero-order chi connectivity index (χ0) is 24.6. The third kappa shape index (κ3) is 4.29. The number of urea groups is 1. The maximum Gasteiger partial charge on any atom is 0.335 e. The van der Waals surface area contributed by atoms with Crippen LogP contribution in [0.1, 0.15) is 48.7 Å². The summed E-state index contributed by atoms with van der Waals surface area (Å²) in [5.41, 5.74) is 4.87. The van der Waals surface area contributed by atoms with Gasteiger partial charge in [0.25, 0.3) is 11.8 Å². The van der Waals surface area contributed by atoms with Crippen molar-refractivity contribution < 1.29 is 14.4 Å². The number of hydrogen-bond donors (Lipinski definition) is 1. The van der Waals surface area contributed by atoms with Crippen LogP contribution in [0.3, 0.4) is 0 Å². The monoisotopic (exact) mass is 475 g/mol. The Bertz CT molecular complexity index is 1300. The van der Waals surface area contributed by atoms with E-state index < -0.39 is 17.8 Å². The second-order valence-electron chi connectivity index (χ2n) is 8.50. The van der Waals surface area contributed by atoms with Crippen molar-refractivity contribution in [3.05, 3.63) is 87.7 Å². The van der Waals surface area contributed by atoms with E-state index in [2.05, 4.69) is 19.2 Å². The fraction of sp³-hybridized carbons (Fsp3) is 0.222. The summed E-state index contributed by atoms with van der Waals surface area (Å²) in [6, 6.07) is 15.9. The Labute approximate surface area is 203 Å². The second kappa shape index (κ2) is 9.31. The molecule has 0 spiro atoms. The molecule has 3 aromatic rings. The molecule has 1 fully saturated rings. The summed E-state index contributed by atoms with van der Waals surface area (Å²) in [6.07, 6.45) is 2.53. The second-order valence-corrected chi connectivity index (χ2v) is 8.93.